The van der Waals surface area contributed by atoms with Crippen molar-refractivity contribution < 1.29 is 49.0 Å². The van der Waals surface area contributed by atoms with Gasteiger partial charge in [-0.25, -0.2) is 9.59 Å². The van der Waals surface area contributed by atoms with Crippen LogP contribution in [0.25, 0.3) is 6.08 Å². The summed E-state index contributed by atoms with van der Waals surface area (Å²) < 4.78 is 21.3. The molecule has 0 bridgehead atoms. The van der Waals surface area contributed by atoms with Crippen molar-refractivity contribution in [2.75, 3.05) is 13.2 Å². The van der Waals surface area contributed by atoms with E-state index in [0.717, 1.165) is 11.6 Å². The Kier molecular flexibility index (Phi) is 9.19. The van der Waals surface area contributed by atoms with Crippen molar-refractivity contribution in [3.63, 3.8) is 0 Å². The highest BCUT2D eigenvalue weighted by atomic mass is 16.7. The van der Waals surface area contributed by atoms with Gasteiger partial charge in [0.25, 0.3) is 0 Å². The van der Waals surface area contributed by atoms with Gasteiger partial charge in [-0.15, -0.1) is 0 Å². The van der Waals surface area contributed by atoms with E-state index in [1.807, 2.05) is 19.9 Å². The number of phenolic OH excluding ortho intramolecular Hbond substituents is 1. The summed E-state index contributed by atoms with van der Waals surface area (Å²) in [5, 5.41) is 39.9. The van der Waals surface area contributed by atoms with Gasteiger partial charge in [0, 0.05) is 18.1 Å². The van der Waals surface area contributed by atoms with Crippen molar-refractivity contribution in [3.8, 4) is 5.75 Å². The van der Waals surface area contributed by atoms with E-state index in [-0.39, 0.29) is 18.5 Å². The number of aliphatic hydroxyl groups is 3. The van der Waals surface area contributed by atoms with E-state index in [2.05, 4.69) is 0 Å². The molecular weight excluding hydrogens is 460 g/mol. The minimum atomic E-state index is -1.60. The van der Waals surface area contributed by atoms with E-state index in [0.29, 0.717) is 17.6 Å². The van der Waals surface area contributed by atoms with E-state index in [9.17, 15) is 30.0 Å². The third kappa shape index (κ3) is 7.48. The number of hydrogen-bond donors (Lipinski definition) is 4. The molecule has 0 spiro atoms. The standard InChI is InChI=1S/C25H30O10/c1-14(2)11-18-12-16(24(31)34-18)9-10-32-25-23(30)22(29)21(28)19(35-25)13-33-20(27)8-5-15-3-6-17(26)7-4-15/h3-9,11,18-19,21-23,25-26,28-30H,10,12-13H2,1-2H3/t18-,19-,21-,22+,23-,25-/m0/s1. The van der Waals surface area contributed by atoms with Gasteiger partial charge in [-0.05, 0) is 49.8 Å². The van der Waals surface area contributed by atoms with Crippen LogP contribution in [0, 0.1) is 0 Å². The fourth-order valence-electron chi connectivity index (χ4n) is 3.58. The maximum absolute atomic E-state index is 12.0. The number of cyclic esters (lactones) is 1. The van der Waals surface area contributed by atoms with Gasteiger partial charge >= 0.3 is 11.9 Å². The second kappa shape index (κ2) is 12.1. The van der Waals surface area contributed by atoms with Crippen molar-refractivity contribution in [2.24, 2.45) is 0 Å². The van der Waals surface area contributed by atoms with Crippen molar-refractivity contribution in [2.45, 2.75) is 57.1 Å². The zero-order valence-electron chi connectivity index (χ0n) is 19.4. The molecule has 0 amide bonds. The number of esters is 2. The molecule has 0 aromatic heterocycles. The number of rotatable bonds is 8. The molecule has 4 N–H and O–H groups in total. The molecule has 2 saturated heterocycles. The van der Waals surface area contributed by atoms with Gasteiger partial charge in [0.15, 0.2) is 6.29 Å². The molecule has 6 atom stereocenters. The monoisotopic (exact) mass is 490 g/mol. The Labute approximate surface area is 202 Å². The van der Waals surface area contributed by atoms with E-state index >= 15 is 0 Å². The lowest BCUT2D eigenvalue weighted by molar-refractivity contribution is -0.299. The van der Waals surface area contributed by atoms with Crippen LogP contribution in [0.4, 0.5) is 0 Å². The number of ether oxygens (including phenoxy) is 4. The highest BCUT2D eigenvalue weighted by Crippen LogP contribution is 2.25. The van der Waals surface area contributed by atoms with Gasteiger partial charge in [0.1, 0.15) is 42.9 Å². The summed E-state index contributed by atoms with van der Waals surface area (Å²) in [6, 6.07) is 6.15. The van der Waals surface area contributed by atoms with Crippen molar-refractivity contribution in [1.29, 1.82) is 0 Å². The molecule has 10 nitrogen and oxygen atoms in total. The SMILES string of the molecule is CC(C)=C[C@H]1CC(=CCO[C@H]2O[C@@H](COC(=O)C=Cc3ccc(O)cc3)[C@H](O)[C@@H](O)[C@@H]2O)C(=O)O1. The van der Waals surface area contributed by atoms with Crippen molar-refractivity contribution in [1.82, 2.24) is 0 Å². The van der Waals surface area contributed by atoms with Crippen LogP contribution in [0.15, 0.2) is 53.6 Å². The largest absolute Gasteiger partial charge is 0.508 e. The zero-order valence-corrected chi connectivity index (χ0v) is 19.4. The highest BCUT2D eigenvalue weighted by Gasteiger charge is 2.44. The highest BCUT2D eigenvalue weighted by molar-refractivity contribution is 5.91. The Balaban J connectivity index is 1.52. The summed E-state index contributed by atoms with van der Waals surface area (Å²) in [6.45, 7) is 3.29. The molecule has 1 aromatic carbocycles. The van der Waals surface area contributed by atoms with E-state index in [1.54, 1.807) is 12.1 Å². The third-order valence-electron chi connectivity index (χ3n) is 5.41. The number of aromatic hydroxyl groups is 1. The lowest BCUT2D eigenvalue weighted by Gasteiger charge is -2.39. The summed E-state index contributed by atoms with van der Waals surface area (Å²) in [4.78, 5) is 24.0. The molecule has 2 aliphatic rings. The fourth-order valence-corrected chi connectivity index (χ4v) is 3.58. The Morgan fingerprint density at radius 3 is 2.51 bits per heavy atom. The number of allylic oxidation sites excluding steroid dienone is 1. The van der Waals surface area contributed by atoms with Gasteiger partial charge in [0.2, 0.25) is 0 Å². The summed E-state index contributed by atoms with van der Waals surface area (Å²) in [6.07, 6.45) is -1.11. The first kappa shape index (κ1) is 26.6. The van der Waals surface area contributed by atoms with Gasteiger partial charge in [0.05, 0.1) is 6.61 Å². The van der Waals surface area contributed by atoms with Gasteiger partial charge in [-0.2, -0.15) is 0 Å². The number of aliphatic hydroxyl groups excluding tert-OH is 3. The molecule has 1 aromatic rings. The zero-order chi connectivity index (χ0) is 25.5. The molecule has 2 heterocycles. The number of carbonyl (C=O) groups excluding carboxylic acids is 2. The first-order valence-electron chi connectivity index (χ1n) is 11.1. The predicted octanol–water partition coefficient (Wildman–Crippen LogP) is 0.981. The van der Waals surface area contributed by atoms with Crippen molar-refractivity contribution >= 4 is 18.0 Å². The number of phenols is 1. The Morgan fingerprint density at radius 2 is 1.83 bits per heavy atom. The van der Waals surface area contributed by atoms with Gasteiger partial charge in [-0.1, -0.05) is 17.7 Å². The smallest absolute Gasteiger partial charge is 0.334 e. The molecule has 10 heteroatoms. The van der Waals surface area contributed by atoms with Crippen LogP contribution < -0.4 is 0 Å². The molecule has 35 heavy (non-hydrogen) atoms. The fraction of sp³-hybridized carbons (Fsp3) is 0.440. The van der Waals surface area contributed by atoms with Crippen molar-refractivity contribution in [3.05, 3.63) is 59.2 Å². The molecule has 0 aliphatic carbocycles. The van der Waals surface area contributed by atoms with Crippen LogP contribution in [0.1, 0.15) is 25.8 Å². The van der Waals surface area contributed by atoms with Gasteiger partial charge < -0.3 is 39.4 Å². The summed E-state index contributed by atoms with van der Waals surface area (Å²) in [5.41, 5.74) is 2.10. The first-order valence-corrected chi connectivity index (χ1v) is 11.1. The molecule has 2 fully saturated rings. The minimum absolute atomic E-state index is 0.0953. The molecular formula is C25H30O10. The molecule has 0 radical (unpaired) electrons. The average molecular weight is 491 g/mol. The third-order valence-corrected chi connectivity index (χ3v) is 5.41. The lowest BCUT2D eigenvalue weighted by atomic mass is 9.99. The Bertz CT molecular complexity index is 976. The number of hydrogen-bond acceptors (Lipinski definition) is 10. The maximum Gasteiger partial charge on any atom is 0.334 e. The summed E-state index contributed by atoms with van der Waals surface area (Å²) in [5.74, 6) is -1.08. The minimum Gasteiger partial charge on any atom is -0.508 e. The predicted molar refractivity (Wildman–Crippen MR) is 123 cm³/mol. The van der Waals surface area contributed by atoms with Crippen LogP contribution in [0.5, 0.6) is 5.75 Å². The molecule has 190 valence electrons. The Hall–Kier alpha value is -3.02. The number of carbonyl (C=O) groups is 2. The topological polar surface area (TPSA) is 152 Å². The van der Waals surface area contributed by atoms with Crippen LogP contribution >= 0.6 is 0 Å². The maximum atomic E-state index is 12.0. The second-order valence-corrected chi connectivity index (χ2v) is 8.52. The average Bonchev–Trinajstić information content (AvgIpc) is 3.15. The van der Waals surface area contributed by atoms with E-state index < -0.39 is 49.3 Å². The van der Waals surface area contributed by atoms with Crippen LogP contribution in [0.2, 0.25) is 0 Å². The Morgan fingerprint density at radius 1 is 1.11 bits per heavy atom. The van der Waals surface area contributed by atoms with Crippen LogP contribution in [-0.4, -0.2) is 82.4 Å². The second-order valence-electron chi connectivity index (χ2n) is 8.52. The first-order chi connectivity index (χ1) is 16.6. The van der Waals surface area contributed by atoms with E-state index in [1.165, 1.54) is 24.3 Å². The lowest BCUT2D eigenvalue weighted by Crippen LogP contribution is -2.59. The van der Waals surface area contributed by atoms with Crippen LogP contribution in [0.3, 0.4) is 0 Å². The molecule has 3 rings (SSSR count). The van der Waals surface area contributed by atoms with Crippen LogP contribution in [-0.2, 0) is 28.5 Å². The summed E-state index contributed by atoms with van der Waals surface area (Å²) in [7, 11) is 0. The van der Waals surface area contributed by atoms with E-state index in [4.69, 9.17) is 18.9 Å². The van der Waals surface area contributed by atoms with Gasteiger partial charge in [-0.3, -0.25) is 0 Å². The quantitative estimate of drug-likeness (QED) is 0.236. The molecule has 2 aliphatic heterocycles. The normalized spacial score (nSPS) is 29.9. The summed E-state index contributed by atoms with van der Waals surface area (Å²) >= 11 is 0. The molecule has 0 unspecified atom stereocenters. The molecule has 0 saturated carbocycles. The number of benzene rings is 1.